The number of H-pyrrole nitrogens is 1. The number of pyridine rings is 1. The third-order valence-electron chi connectivity index (χ3n) is 3.64. The number of aromatic nitrogens is 1. The van der Waals surface area contributed by atoms with E-state index < -0.39 is 26.9 Å². The van der Waals surface area contributed by atoms with Crippen molar-refractivity contribution in [3.05, 3.63) is 63.8 Å². The molecule has 3 rings (SSSR count). The first-order chi connectivity index (χ1) is 11.7. The predicted molar refractivity (Wildman–Crippen MR) is 87.7 cm³/mol. The van der Waals surface area contributed by atoms with Gasteiger partial charge in [0.2, 0.25) is 0 Å². The van der Waals surface area contributed by atoms with Crippen LogP contribution in [-0.2, 0) is 9.84 Å². The summed E-state index contributed by atoms with van der Waals surface area (Å²) in [4.78, 5) is 14.8. The van der Waals surface area contributed by atoms with E-state index >= 15 is 0 Å². The fourth-order valence-corrected chi connectivity index (χ4v) is 3.47. The molecule has 0 aliphatic carbocycles. The highest BCUT2D eigenvalue weighted by Crippen LogP contribution is 2.28. The molecule has 0 amide bonds. The van der Waals surface area contributed by atoms with Crippen molar-refractivity contribution in [2.75, 3.05) is 6.26 Å². The van der Waals surface area contributed by atoms with Crippen molar-refractivity contribution in [2.45, 2.75) is 4.90 Å². The third kappa shape index (κ3) is 3.02. The first-order valence-electron chi connectivity index (χ1n) is 6.97. The highest BCUT2D eigenvalue weighted by molar-refractivity contribution is 7.90. The van der Waals surface area contributed by atoms with E-state index in [4.69, 9.17) is 5.26 Å². The smallest absolute Gasteiger partial charge is 0.192 e. The van der Waals surface area contributed by atoms with Crippen molar-refractivity contribution in [1.82, 2.24) is 4.98 Å². The SMILES string of the molecule is CS(=O)(=O)c1ccc(C#N)cc1-c1cc(=O)c2c(F)cc(F)cc2[nH]1. The summed E-state index contributed by atoms with van der Waals surface area (Å²) in [6.07, 6.45) is 0.983. The van der Waals surface area contributed by atoms with E-state index in [0.29, 0.717) is 6.07 Å². The van der Waals surface area contributed by atoms with Crippen molar-refractivity contribution in [1.29, 1.82) is 5.26 Å². The quantitative estimate of drug-likeness (QED) is 0.761. The van der Waals surface area contributed by atoms with Crippen molar-refractivity contribution in [3.63, 3.8) is 0 Å². The highest BCUT2D eigenvalue weighted by atomic mass is 32.2. The maximum atomic E-state index is 13.8. The largest absolute Gasteiger partial charge is 0.354 e. The summed E-state index contributed by atoms with van der Waals surface area (Å²) in [6.45, 7) is 0. The summed E-state index contributed by atoms with van der Waals surface area (Å²) in [6, 6.07) is 8.31. The van der Waals surface area contributed by atoms with Crippen LogP contribution in [0.1, 0.15) is 5.56 Å². The summed E-state index contributed by atoms with van der Waals surface area (Å²) in [5.41, 5.74) is -0.552. The van der Waals surface area contributed by atoms with E-state index in [1.807, 2.05) is 6.07 Å². The Bertz CT molecular complexity index is 1230. The number of aromatic amines is 1. The van der Waals surface area contributed by atoms with E-state index in [1.165, 1.54) is 18.2 Å². The van der Waals surface area contributed by atoms with Crippen LogP contribution in [0, 0.1) is 23.0 Å². The molecule has 0 radical (unpaired) electrons. The van der Waals surface area contributed by atoms with Gasteiger partial charge in [-0.2, -0.15) is 5.26 Å². The second kappa shape index (κ2) is 5.79. The number of hydrogen-bond acceptors (Lipinski definition) is 4. The lowest BCUT2D eigenvalue weighted by Gasteiger charge is -2.10. The van der Waals surface area contributed by atoms with Crippen LogP contribution in [0.15, 0.2) is 46.1 Å². The van der Waals surface area contributed by atoms with E-state index in [0.717, 1.165) is 18.4 Å². The summed E-state index contributed by atoms with van der Waals surface area (Å²) in [5, 5.41) is 8.70. The molecule has 0 fully saturated rings. The maximum Gasteiger partial charge on any atom is 0.192 e. The Kier molecular flexibility index (Phi) is 3.89. The van der Waals surface area contributed by atoms with E-state index in [9.17, 15) is 22.0 Å². The zero-order valence-corrected chi connectivity index (χ0v) is 13.6. The van der Waals surface area contributed by atoms with Crippen molar-refractivity contribution >= 4 is 20.7 Å². The molecule has 0 saturated heterocycles. The van der Waals surface area contributed by atoms with E-state index in [-0.39, 0.29) is 32.6 Å². The molecule has 5 nitrogen and oxygen atoms in total. The molecule has 0 aliphatic heterocycles. The van der Waals surface area contributed by atoms with Gasteiger partial charge >= 0.3 is 0 Å². The van der Waals surface area contributed by atoms with Gasteiger partial charge in [-0.1, -0.05) is 0 Å². The molecule has 1 N–H and O–H groups in total. The van der Waals surface area contributed by atoms with Gasteiger partial charge in [0, 0.05) is 24.0 Å². The molecular formula is C17H10F2N2O3S. The molecule has 8 heteroatoms. The molecule has 1 heterocycles. The molecule has 0 bridgehead atoms. The molecule has 126 valence electrons. The molecule has 1 aromatic heterocycles. The second-order valence-corrected chi connectivity index (χ2v) is 7.44. The minimum Gasteiger partial charge on any atom is -0.354 e. The summed E-state index contributed by atoms with van der Waals surface area (Å²) < 4.78 is 51.3. The van der Waals surface area contributed by atoms with E-state index in [1.54, 1.807) is 0 Å². The lowest BCUT2D eigenvalue weighted by atomic mass is 10.1. The van der Waals surface area contributed by atoms with Crippen LogP contribution in [-0.4, -0.2) is 19.7 Å². The number of benzene rings is 2. The summed E-state index contributed by atoms with van der Waals surface area (Å²) in [5.74, 6) is -1.90. The lowest BCUT2D eigenvalue weighted by molar-refractivity contribution is 0.591. The fourth-order valence-electron chi connectivity index (χ4n) is 2.59. The number of rotatable bonds is 2. The first kappa shape index (κ1) is 16.8. The minimum atomic E-state index is -3.67. The topological polar surface area (TPSA) is 90.8 Å². The Labute approximate surface area is 141 Å². The predicted octanol–water partition coefficient (Wildman–Crippen LogP) is 2.75. The Morgan fingerprint density at radius 3 is 2.48 bits per heavy atom. The monoisotopic (exact) mass is 360 g/mol. The Balaban J connectivity index is 2.42. The van der Waals surface area contributed by atoms with Crippen LogP contribution in [0.25, 0.3) is 22.2 Å². The van der Waals surface area contributed by atoms with Gasteiger partial charge in [0.25, 0.3) is 0 Å². The van der Waals surface area contributed by atoms with Gasteiger partial charge in [0.15, 0.2) is 15.3 Å². The van der Waals surface area contributed by atoms with Crippen LogP contribution in [0.3, 0.4) is 0 Å². The van der Waals surface area contributed by atoms with Crippen LogP contribution in [0.5, 0.6) is 0 Å². The molecule has 0 aliphatic rings. The highest BCUT2D eigenvalue weighted by Gasteiger charge is 2.18. The molecule has 3 aromatic rings. The molecular weight excluding hydrogens is 350 g/mol. The van der Waals surface area contributed by atoms with Crippen molar-refractivity contribution in [3.8, 4) is 17.3 Å². The molecule has 0 spiro atoms. The normalized spacial score (nSPS) is 11.4. The minimum absolute atomic E-state index is 0.0417. The second-order valence-electron chi connectivity index (χ2n) is 5.45. The number of halogens is 2. The van der Waals surface area contributed by atoms with Gasteiger partial charge in [-0.3, -0.25) is 4.79 Å². The lowest BCUT2D eigenvalue weighted by Crippen LogP contribution is -2.08. The van der Waals surface area contributed by atoms with Crippen LogP contribution in [0.2, 0.25) is 0 Å². The number of hydrogen-bond donors (Lipinski definition) is 1. The molecule has 0 saturated carbocycles. The number of fused-ring (bicyclic) bond motifs is 1. The fraction of sp³-hybridized carbons (Fsp3) is 0.0588. The zero-order chi connectivity index (χ0) is 18.4. The Hall–Kier alpha value is -3.05. The maximum absolute atomic E-state index is 13.8. The van der Waals surface area contributed by atoms with E-state index in [2.05, 4.69) is 4.98 Å². The average Bonchev–Trinajstić information content (AvgIpc) is 2.52. The third-order valence-corrected chi connectivity index (χ3v) is 4.80. The number of nitrogens with one attached hydrogen (secondary N) is 1. The van der Waals surface area contributed by atoms with Crippen LogP contribution < -0.4 is 5.43 Å². The number of nitrogens with zero attached hydrogens (tertiary/aromatic N) is 1. The molecule has 2 aromatic carbocycles. The van der Waals surface area contributed by atoms with Crippen LogP contribution in [0.4, 0.5) is 8.78 Å². The van der Waals surface area contributed by atoms with Gasteiger partial charge < -0.3 is 4.98 Å². The molecule has 25 heavy (non-hydrogen) atoms. The van der Waals surface area contributed by atoms with Crippen LogP contribution >= 0.6 is 0 Å². The first-order valence-corrected chi connectivity index (χ1v) is 8.86. The summed E-state index contributed by atoms with van der Waals surface area (Å²) in [7, 11) is -3.67. The number of sulfone groups is 1. The molecule has 0 atom stereocenters. The average molecular weight is 360 g/mol. The molecule has 0 unspecified atom stereocenters. The Morgan fingerprint density at radius 2 is 1.84 bits per heavy atom. The van der Waals surface area contributed by atoms with Gasteiger partial charge in [0.1, 0.15) is 11.6 Å². The van der Waals surface area contributed by atoms with Crippen molar-refractivity contribution in [2.24, 2.45) is 0 Å². The van der Waals surface area contributed by atoms with Gasteiger partial charge in [-0.05, 0) is 24.3 Å². The van der Waals surface area contributed by atoms with Gasteiger partial charge in [-0.25, -0.2) is 17.2 Å². The van der Waals surface area contributed by atoms with Gasteiger partial charge in [0.05, 0.1) is 33.1 Å². The zero-order valence-electron chi connectivity index (χ0n) is 12.8. The number of nitriles is 1. The standard InChI is InChI=1S/C17H10F2N2O3S/c1-25(23,24)16-3-2-9(8-20)4-11(16)13-7-15(22)17-12(19)5-10(18)6-14(17)21-13/h2-7H,1H3,(H,21,22). The summed E-state index contributed by atoms with van der Waals surface area (Å²) >= 11 is 0. The Morgan fingerprint density at radius 1 is 1.12 bits per heavy atom. The van der Waals surface area contributed by atoms with Crippen molar-refractivity contribution < 1.29 is 17.2 Å². The van der Waals surface area contributed by atoms with Gasteiger partial charge in [-0.15, -0.1) is 0 Å².